The lowest BCUT2D eigenvalue weighted by molar-refractivity contribution is -0.402. The number of benzene rings is 2. The number of carbonyl (C=O) groups excluding carboxylic acids is 1. The van der Waals surface area contributed by atoms with E-state index in [0.29, 0.717) is 28.1 Å². The zero-order valence-corrected chi connectivity index (χ0v) is 18.7. The maximum absolute atomic E-state index is 13.3. The number of amides is 1. The van der Waals surface area contributed by atoms with Crippen molar-refractivity contribution in [2.75, 3.05) is 11.7 Å². The van der Waals surface area contributed by atoms with Crippen LogP contribution in [0, 0.1) is 17.0 Å². The van der Waals surface area contributed by atoms with Crippen molar-refractivity contribution in [3.8, 4) is 11.5 Å². The lowest BCUT2D eigenvalue weighted by Gasteiger charge is -2.17. The molecule has 5 rings (SSSR count). The van der Waals surface area contributed by atoms with E-state index < -0.39 is 4.92 Å². The van der Waals surface area contributed by atoms with Crippen molar-refractivity contribution in [2.45, 2.75) is 6.92 Å². The number of fused-ring (bicyclic) bond motifs is 1. The number of hydrogen-bond donors (Lipinski definition) is 0. The quantitative estimate of drug-likeness (QED) is 0.277. The Labute approximate surface area is 198 Å². The molecule has 2 aliphatic heterocycles. The van der Waals surface area contributed by atoms with Gasteiger partial charge in [0.05, 0.1) is 11.8 Å². The van der Waals surface area contributed by atoms with Crippen molar-refractivity contribution < 1.29 is 23.6 Å². The Hall–Kier alpha value is -4.31. The van der Waals surface area contributed by atoms with Crippen LogP contribution in [-0.4, -0.2) is 22.8 Å². The van der Waals surface area contributed by atoms with Gasteiger partial charge in [-0.3, -0.25) is 19.8 Å². The number of amidine groups is 1. The van der Waals surface area contributed by atoms with E-state index >= 15 is 0 Å². The van der Waals surface area contributed by atoms with Gasteiger partial charge >= 0.3 is 5.88 Å². The minimum absolute atomic E-state index is 0.166. The fourth-order valence-electron chi connectivity index (χ4n) is 3.35. The number of carbonyl (C=O) groups is 1. The minimum Gasteiger partial charge on any atom is -0.454 e. The first-order valence-electron chi connectivity index (χ1n) is 10.2. The highest BCUT2D eigenvalue weighted by molar-refractivity contribution is 8.16. The number of furan rings is 1. The fraction of sp³-hybridized carbons (Fsp3) is 0.0833. The number of rotatable bonds is 5. The van der Waals surface area contributed by atoms with Crippen molar-refractivity contribution in [3.05, 3.63) is 92.7 Å². The molecule has 10 heteroatoms. The lowest BCUT2D eigenvalue weighted by Crippen LogP contribution is -2.29. The summed E-state index contributed by atoms with van der Waals surface area (Å²) in [5, 5.41) is 12.9. The number of nitrogens with zero attached hydrogens (tertiary/aromatic N) is 3. The molecule has 3 aromatic rings. The van der Waals surface area contributed by atoms with Crippen LogP contribution in [0.15, 0.2) is 75.1 Å². The summed E-state index contributed by atoms with van der Waals surface area (Å²) in [6.45, 7) is 2.13. The van der Waals surface area contributed by atoms with Gasteiger partial charge in [-0.25, -0.2) is 4.99 Å². The van der Waals surface area contributed by atoms with Crippen LogP contribution in [-0.2, 0) is 4.79 Å². The summed E-state index contributed by atoms with van der Waals surface area (Å²) in [5.74, 6) is 0.981. The van der Waals surface area contributed by atoms with Gasteiger partial charge in [-0.15, -0.1) is 0 Å². The van der Waals surface area contributed by atoms with E-state index in [9.17, 15) is 14.9 Å². The molecule has 9 nitrogen and oxygen atoms in total. The molecule has 0 aliphatic carbocycles. The molecule has 0 spiro atoms. The van der Waals surface area contributed by atoms with Crippen LogP contribution in [0.3, 0.4) is 0 Å². The third-order valence-corrected chi connectivity index (χ3v) is 5.78. The Morgan fingerprint density at radius 1 is 1.09 bits per heavy atom. The first-order chi connectivity index (χ1) is 16.5. The van der Waals surface area contributed by atoms with Crippen molar-refractivity contribution in [1.82, 2.24) is 0 Å². The maximum atomic E-state index is 13.3. The molecule has 170 valence electrons. The second kappa shape index (κ2) is 8.91. The molecule has 0 saturated carbocycles. The number of aliphatic imine (C=N–C) groups is 1. The summed E-state index contributed by atoms with van der Waals surface area (Å²) in [6.07, 6.45) is 3.27. The Morgan fingerprint density at radius 3 is 2.65 bits per heavy atom. The van der Waals surface area contributed by atoms with Gasteiger partial charge in [0, 0.05) is 0 Å². The van der Waals surface area contributed by atoms with Crippen molar-refractivity contribution >= 4 is 46.6 Å². The van der Waals surface area contributed by atoms with Crippen LogP contribution >= 0.6 is 11.8 Å². The second-order valence-electron chi connectivity index (χ2n) is 7.37. The standard InChI is InChI=1S/C24H17N3O6S/c1-15-2-5-17(6-3-15)26-23(28)19(12-16-4-8-20-21(13-16)32-14-31-20)25-24(26)34-11-10-18-7-9-22(33-18)27(29)30/h2-13H,14H2,1H3. The topological polar surface area (TPSA) is 107 Å². The number of ether oxygens (including phenoxy) is 2. The molecule has 0 radical (unpaired) electrons. The molecule has 0 bridgehead atoms. The number of anilines is 1. The molecule has 1 aromatic heterocycles. The summed E-state index contributed by atoms with van der Waals surface area (Å²) < 4.78 is 15.9. The van der Waals surface area contributed by atoms with E-state index in [4.69, 9.17) is 13.9 Å². The molecule has 34 heavy (non-hydrogen) atoms. The summed E-state index contributed by atoms with van der Waals surface area (Å²) in [6, 6.07) is 15.7. The summed E-state index contributed by atoms with van der Waals surface area (Å²) >= 11 is 1.20. The van der Waals surface area contributed by atoms with Gasteiger partial charge in [0.1, 0.15) is 16.4 Å². The van der Waals surface area contributed by atoms with Crippen LogP contribution < -0.4 is 14.4 Å². The Bertz CT molecular complexity index is 1370. The molecule has 2 aromatic carbocycles. The molecule has 1 amide bonds. The Balaban J connectivity index is 1.44. The van der Waals surface area contributed by atoms with E-state index in [0.717, 1.165) is 11.1 Å². The van der Waals surface area contributed by atoms with Gasteiger partial charge < -0.3 is 13.9 Å². The molecule has 2 aliphatic rings. The smallest absolute Gasteiger partial charge is 0.433 e. The largest absolute Gasteiger partial charge is 0.454 e. The maximum Gasteiger partial charge on any atom is 0.433 e. The molecule has 0 unspecified atom stereocenters. The molecular weight excluding hydrogens is 458 g/mol. The number of aryl methyl sites for hydroxylation is 1. The third-order valence-electron chi connectivity index (χ3n) is 5.02. The van der Waals surface area contributed by atoms with Crippen LogP contribution in [0.4, 0.5) is 11.6 Å². The number of hydrogen-bond acceptors (Lipinski definition) is 8. The number of thioether (sulfide) groups is 1. The first kappa shape index (κ1) is 21.5. The molecule has 0 fully saturated rings. The minimum atomic E-state index is -0.601. The lowest BCUT2D eigenvalue weighted by atomic mass is 10.1. The third kappa shape index (κ3) is 4.30. The summed E-state index contributed by atoms with van der Waals surface area (Å²) in [4.78, 5) is 29.6. The molecule has 0 atom stereocenters. The van der Waals surface area contributed by atoms with Crippen molar-refractivity contribution in [2.24, 2.45) is 4.99 Å². The van der Waals surface area contributed by atoms with Gasteiger partial charge in [-0.2, -0.15) is 0 Å². The average Bonchev–Trinajstić information content (AvgIpc) is 3.54. The van der Waals surface area contributed by atoms with Gasteiger partial charge in [-0.1, -0.05) is 35.5 Å². The predicted molar refractivity (Wildman–Crippen MR) is 129 cm³/mol. The van der Waals surface area contributed by atoms with Gasteiger partial charge in [0.15, 0.2) is 16.7 Å². The monoisotopic (exact) mass is 475 g/mol. The van der Waals surface area contributed by atoms with E-state index in [1.165, 1.54) is 28.8 Å². The van der Waals surface area contributed by atoms with Gasteiger partial charge in [0.25, 0.3) is 5.91 Å². The van der Waals surface area contributed by atoms with Gasteiger partial charge in [-0.05, 0) is 60.4 Å². The molecule has 3 heterocycles. The van der Waals surface area contributed by atoms with E-state index in [-0.39, 0.29) is 24.3 Å². The average molecular weight is 475 g/mol. The highest BCUT2D eigenvalue weighted by Crippen LogP contribution is 2.35. The summed E-state index contributed by atoms with van der Waals surface area (Å²) in [7, 11) is 0. The van der Waals surface area contributed by atoms with E-state index in [1.54, 1.807) is 29.7 Å². The van der Waals surface area contributed by atoms with Crippen molar-refractivity contribution in [3.63, 3.8) is 0 Å². The van der Waals surface area contributed by atoms with Crippen LogP contribution in [0.1, 0.15) is 16.9 Å². The Morgan fingerprint density at radius 2 is 1.88 bits per heavy atom. The van der Waals surface area contributed by atoms with E-state index in [2.05, 4.69) is 4.99 Å². The number of nitro groups is 1. The van der Waals surface area contributed by atoms with Crippen molar-refractivity contribution in [1.29, 1.82) is 0 Å². The normalized spacial score (nSPS) is 16.0. The van der Waals surface area contributed by atoms with Crippen LogP contribution in [0.2, 0.25) is 0 Å². The van der Waals surface area contributed by atoms with Gasteiger partial charge in [0.2, 0.25) is 6.79 Å². The van der Waals surface area contributed by atoms with E-state index in [1.807, 2.05) is 37.3 Å². The SMILES string of the molecule is Cc1ccc(N2C(=O)C(=Cc3ccc4c(c3)OCO4)N=C2SC=Cc2ccc([N+](=O)[O-])o2)cc1. The van der Waals surface area contributed by atoms with Crippen LogP contribution in [0.5, 0.6) is 11.5 Å². The zero-order valence-electron chi connectivity index (χ0n) is 17.8. The fourth-order valence-corrected chi connectivity index (χ4v) is 4.12. The summed E-state index contributed by atoms with van der Waals surface area (Å²) in [5.41, 5.74) is 2.77. The zero-order chi connectivity index (χ0) is 23.7. The first-order valence-corrected chi connectivity index (χ1v) is 11.0. The molecule has 0 saturated heterocycles. The highest BCUT2D eigenvalue weighted by atomic mass is 32.2. The van der Waals surface area contributed by atoms with Crippen LogP contribution in [0.25, 0.3) is 12.2 Å². The predicted octanol–water partition coefficient (Wildman–Crippen LogP) is 5.37. The second-order valence-corrected chi connectivity index (χ2v) is 8.24. The highest BCUT2D eigenvalue weighted by Gasteiger charge is 2.31. The molecule has 0 N–H and O–H groups in total. The molecular formula is C24H17N3O6S. The Kier molecular flexibility index (Phi) is 5.64.